The topological polar surface area (TPSA) is 49.7 Å². The van der Waals surface area contributed by atoms with E-state index in [1.807, 2.05) is 0 Å². The Hall–Kier alpha value is -0.893. The number of halogens is 3. The van der Waals surface area contributed by atoms with Crippen LogP contribution in [0.3, 0.4) is 0 Å². The van der Waals surface area contributed by atoms with E-state index in [1.54, 1.807) is 0 Å². The lowest BCUT2D eigenvalue weighted by molar-refractivity contribution is 0.183. The van der Waals surface area contributed by atoms with Crippen molar-refractivity contribution in [2.75, 3.05) is 7.11 Å². The number of unbranched alkanes of at least 4 members (excludes halogenated alkanes) is 1. The van der Waals surface area contributed by atoms with Crippen LogP contribution in [-0.4, -0.2) is 25.5 Å². The van der Waals surface area contributed by atoms with Crippen LogP contribution in [-0.2, 0) is 10.8 Å². The first-order valence-electron chi connectivity index (χ1n) is 5.49. The predicted octanol–water partition coefficient (Wildman–Crippen LogP) is 2.00. The average Bonchev–Trinajstić information content (AvgIpc) is 2.31. The number of aryl methyl sites for hydroxylation is 1. The molecule has 0 saturated heterocycles. The molecule has 0 aliphatic heterocycles. The van der Waals surface area contributed by atoms with Gasteiger partial charge in [-0.3, -0.25) is 0 Å². The Morgan fingerprint density at radius 3 is 2.28 bits per heavy atom. The number of benzene rings is 1. The molecule has 0 fully saturated rings. The van der Waals surface area contributed by atoms with Gasteiger partial charge in [0.2, 0.25) is 0 Å². The van der Waals surface area contributed by atoms with E-state index >= 15 is 0 Å². The first-order valence-corrected chi connectivity index (χ1v) is 7.50. The van der Waals surface area contributed by atoms with Gasteiger partial charge in [-0.25, -0.2) is 13.2 Å². The van der Waals surface area contributed by atoms with E-state index in [0.29, 0.717) is 18.9 Å². The van der Waals surface area contributed by atoms with E-state index in [1.165, 1.54) is 7.11 Å². The SMILES string of the molecule is CO[Si](O)(O)CCCCc1cc(F)c(F)cc1F. The lowest BCUT2D eigenvalue weighted by Crippen LogP contribution is -2.37. The van der Waals surface area contributed by atoms with Crippen molar-refractivity contribution in [3.05, 3.63) is 35.1 Å². The number of hydrogen-bond donors (Lipinski definition) is 2. The molecule has 3 nitrogen and oxygen atoms in total. The maximum Gasteiger partial charge on any atom is 0.495 e. The summed E-state index contributed by atoms with van der Waals surface area (Å²) in [6.45, 7) is 0. The zero-order valence-corrected chi connectivity index (χ0v) is 10.9. The van der Waals surface area contributed by atoms with E-state index in [-0.39, 0.29) is 18.0 Å². The molecule has 0 aliphatic rings. The Balaban J connectivity index is 2.47. The average molecular weight is 280 g/mol. The lowest BCUT2D eigenvalue weighted by atomic mass is 10.1. The van der Waals surface area contributed by atoms with Gasteiger partial charge < -0.3 is 14.0 Å². The summed E-state index contributed by atoms with van der Waals surface area (Å²) in [5.74, 6) is -3.10. The largest absolute Gasteiger partial charge is 0.495 e. The molecule has 0 aliphatic carbocycles. The van der Waals surface area contributed by atoms with Crippen LogP contribution in [0.5, 0.6) is 0 Å². The molecule has 0 atom stereocenters. The van der Waals surface area contributed by atoms with Gasteiger partial charge in [0.05, 0.1) is 0 Å². The van der Waals surface area contributed by atoms with Crippen molar-refractivity contribution in [3.8, 4) is 0 Å². The maximum absolute atomic E-state index is 13.2. The summed E-state index contributed by atoms with van der Waals surface area (Å²) < 4.78 is 43.3. The molecule has 102 valence electrons. The molecular weight excluding hydrogens is 265 g/mol. The van der Waals surface area contributed by atoms with Crippen LogP contribution in [0.2, 0.25) is 6.04 Å². The van der Waals surface area contributed by atoms with Crippen LogP contribution < -0.4 is 0 Å². The van der Waals surface area contributed by atoms with Crippen molar-refractivity contribution in [1.29, 1.82) is 0 Å². The third-order valence-corrected chi connectivity index (χ3v) is 4.27. The quantitative estimate of drug-likeness (QED) is 0.476. The summed E-state index contributed by atoms with van der Waals surface area (Å²) in [4.78, 5) is 18.5. The Morgan fingerprint density at radius 1 is 1.06 bits per heavy atom. The molecule has 0 amide bonds. The summed E-state index contributed by atoms with van der Waals surface area (Å²) >= 11 is 0. The first kappa shape index (κ1) is 15.2. The lowest BCUT2D eigenvalue weighted by Gasteiger charge is -2.14. The number of hydrogen-bond acceptors (Lipinski definition) is 3. The predicted molar refractivity (Wildman–Crippen MR) is 61.3 cm³/mol. The molecule has 0 unspecified atom stereocenters. The zero-order valence-electron chi connectivity index (χ0n) is 9.92. The van der Waals surface area contributed by atoms with Gasteiger partial charge in [0.1, 0.15) is 5.82 Å². The van der Waals surface area contributed by atoms with E-state index in [4.69, 9.17) is 0 Å². The molecule has 1 rings (SSSR count). The normalized spacial score (nSPS) is 11.9. The fraction of sp³-hybridized carbons (Fsp3) is 0.455. The van der Waals surface area contributed by atoms with Crippen LogP contribution in [0.4, 0.5) is 13.2 Å². The third-order valence-electron chi connectivity index (χ3n) is 2.61. The molecule has 1 aromatic rings. The summed E-state index contributed by atoms with van der Waals surface area (Å²) in [6, 6.07) is 1.43. The smallest absolute Gasteiger partial charge is 0.390 e. The van der Waals surface area contributed by atoms with Gasteiger partial charge in [0.15, 0.2) is 11.6 Å². The Labute approximate surface area is 104 Å². The Kier molecular flexibility index (Phi) is 5.33. The van der Waals surface area contributed by atoms with Gasteiger partial charge >= 0.3 is 8.80 Å². The summed E-state index contributed by atoms with van der Waals surface area (Å²) in [5.41, 5.74) is 0.0782. The molecule has 0 bridgehead atoms. The van der Waals surface area contributed by atoms with Crippen LogP contribution in [0, 0.1) is 17.5 Å². The minimum absolute atomic E-state index is 0.0782. The monoisotopic (exact) mass is 280 g/mol. The van der Waals surface area contributed by atoms with Gasteiger partial charge in [0, 0.05) is 19.2 Å². The molecule has 7 heteroatoms. The van der Waals surface area contributed by atoms with Crippen molar-refractivity contribution in [3.63, 3.8) is 0 Å². The van der Waals surface area contributed by atoms with Crippen LogP contribution >= 0.6 is 0 Å². The number of rotatable bonds is 6. The van der Waals surface area contributed by atoms with Gasteiger partial charge in [-0.05, 0) is 30.9 Å². The Morgan fingerprint density at radius 2 is 1.67 bits per heavy atom. The van der Waals surface area contributed by atoms with E-state index in [2.05, 4.69) is 4.43 Å². The third kappa shape index (κ3) is 4.41. The molecule has 1 aromatic carbocycles. The van der Waals surface area contributed by atoms with Crippen LogP contribution in [0.1, 0.15) is 18.4 Å². The van der Waals surface area contributed by atoms with E-state index < -0.39 is 26.3 Å². The fourth-order valence-electron chi connectivity index (χ4n) is 1.53. The highest BCUT2D eigenvalue weighted by Crippen LogP contribution is 2.17. The van der Waals surface area contributed by atoms with E-state index in [9.17, 15) is 22.8 Å². The van der Waals surface area contributed by atoms with Crippen molar-refractivity contribution in [2.45, 2.75) is 25.3 Å². The molecule has 2 N–H and O–H groups in total. The summed E-state index contributed by atoms with van der Waals surface area (Å²) in [7, 11) is -2.37. The second-order valence-electron chi connectivity index (χ2n) is 4.01. The maximum atomic E-state index is 13.2. The molecule has 0 aromatic heterocycles. The molecule has 0 saturated carbocycles. The minimum atomic E-state index is -3.58. The second-order valence-corrected chi connectivity index (χ2v) is 6.41. The molecule has 0 heterocycles. The van der Waals surface area contributed by atoms with Gasteiger partial charge in [-0.2, -0.15) is 0 Å². The standard InChI is InChI=1S/C11H15F3O3Si/c1-17-18(15,16)5-3-2-4-8-6-10(13)11(14)7-9(8)12/h6-7,15-16H,2-5H2,1H3. The minimum Gasteiger partial charge on any atom is -0.390 e. The summed E-state index contributed by atoms with van der Waals surface area (Å²) in [6.07, 6.45) is 1.05. The molecule has 0 spiro atoms. The van der Waals surface area contributed by atoms with E-state index in [0.717, 1.165) is 6.07 Å². The fourth-order valence-corrected chi connectivity index (χ4v) is 2.44. The van der Waals surface area contributed by atoms with Crippen molar-refractivity contribution >= 4 is 8.80 Å². The summed E-state index contributed by atoms with van der Waals surface area (Å²) in [5, 5.41) is 0. The van der Waals surface area contributed by atoms with Gasteiger partial charge in [0.25, 0.3) is 0 Å². The molecule has 0 radical (unpaired) electrons. The second kappa shape index (κ2) is 6.33. The Bertz CT molecular complexity index is 413. The van der Waals surface area contributed by atoms with Crippen LogP contribution in [0.25, 0.3) is 0 Å². The van der Waals surface area contributed by atoms with Crippen molar-refractivity contribution in [2.24, 2.45) is 0 Å². The van der Waals surface area contributed by atoms with Crippen LogP contribution in [0.15, 0.2) is 12.1 Å². The van der Waals surface area contributed by atoms with Crippen molar-refractivity contribution in [1.82, 2.24) is 0 Å². The van der Waals surface area contributed by atoms with Gasteiger partial charge in [-0.1, -0.05) is 0 Å². The molecule has 18 heavy (non-hydrogen) atoms. The zero-order chi connectivity index (χ0) is 13.8. The highest BCUT2D eigenvalue weighted by atomic mass is 28.4. The highest BCUT2D eigenvalue weighted by Gasteiger charge is 2.29. The molecular formula is C11H15F3O3Si. The van der Waals surface area contributed by atoms with Gasteiger partial charge in [-0.15, -0.1) is 0 Å². The first-order chi connectivity index (χ1) is 8.35. The van der Waals surface area contributed by atoms with Crippen molar-refractivity contribution < 1.29 is 27.2 Å². The highest BCUT2D eigenvalue weighted by molar-refractivity contribution is 6.57.